The van der Waals surface area contributed by atoms with Gasteiger partial charge in [-0.05, 0) is 31.2 Å². The molecule has 0 radical (unpaired) electrons. The monoisotopic (exact) mass is 421 g/mol. The van der Waals surface area contributed by atoms with Crippen LogP contribution < -0.4 is 10.1 Å². The first kappa shape index (κ1) is 21.6. The zero-order valence-electron chi connectivity index (χ0n) is 16.4. The van der Waals surface area contributed by atoms with Gasteiger partial charge >= 0.3 is 12.2 Å². The maximum atomic E-state index is 14.0. The van der Waals surface area contributed by atoms with Crippen LogP contribution in [-0.4, -0.2) is 54.8 Å². The van der Waals surface area contributed by atoms with Crippen molar-refractivity contribution >= 4 is 11.9 Å². The third-order valence-corrected chi connectivity index (χ3v) is 4.82. The Morgan fingerprint density at radius 1 is 1.03 bits per heavy atom. The van der Waals surface area contributed by atoms with Gasteiger partial charge in [0.2, 0.25) is 5.54 Å². The molecule has 30 heavy (non-hydrogen) atoms. The molecule has 1 saturated heterocycles. The van der Waals surface area contributed by atoms with Crippen LogP contribution in [0.2, 0.25) is 0 Å². The predicted octanol–water partition coefficient (Wildman–Crippen LogP) is 3.35. The second-order valence-corrected chi connectivity index (χ2v) is 7.01. The molecule has 160 valence electrons. The van der Waals surface area contributed by atoms with Crippen LogP contribution in [0.1, 0.15) is 12.0 Å². The SMILES string of the molecule is CN(CCCOc1ccccc1)CN1C(=O)NC(c2ccccc2)(C(F)(F)F)C1=O. The Balaban J connectivity index is 1.63. The number of nitrogens with zero attached hydrogens (tertiary/aromatic N) is 2. The number of imide groups is 1. The lowest BCUT2D eigenvalue weighted by Crippen LogP contribution is -2.56. The molecule has 3 amide bonds. The van der Waals surface area contributed by atoms with Gasteiger partial charge in [-0.3, -0.25) is 9.69 Å². The highest BCUT2D eigenvalue weighted by Gasteiger charge is 2.68. The second-order valence-electron chi connectivity index (χ2n) is 7.01. The van der Waals surface area contributed by atoms with Crippen molar-refractivity contribution in [1.82, 2.24) is 15.1 Å². The van der Waals surface area contributed by atoms with Crippen LogP contribution in [0, 0.1) is 0 Å². The molecule has 1 N–H and O–H groups in total. The van der Waals surface area contributed by atoms with Crippen molar-refractivity contribution in [1.29, 1.82) is 0 Å². The lowest BCUT2D eigenvalue weighted by molar-refractivity contribution is -0.198. The molecule has 1 unspecified atom stereocenters. The smallest absolute Gasteiger partial charge is 0.425 e. The first-order chi connectivity index (χ1) is 14.3. The molecule has 1 heterocycles. The molecule has 1 aliphatic heterocycles. The summed E-state index contributed by atoms with van der Waals surface area (Å²) in [6.07, 6.45) is -4.42. The van der Waals surface area contributed by atoms with Gasteiger partial charge in [-0.15, -0.1) is 0 Å². The molecule has 0 saturated carbocycles. The zero-order valence-corrected chi connectivity index (χ0v) is 16.4. The van der Waals surface area contributed by atoms with E-state index < -0.39 is 23.7 Å². The largest absolute Gasteiger partial charge is 0.494 e. The topological polar surface area (TPSA) is 61.9 Å². The van der Waals surface area contributed by atoms with E-state index in [4.69, 9.17) is 4.74 Å². The normalized spacial score (nSPS) is 19.3. The van der Waals surface area contributed by atoms with E-state index in [1.165, 1.54) is 30.3 Å². The van der Waals surface area contributed by atoms with Crippen LogP contribution in [0.4, 0.5) is 18.0 Å². The number of carbonyl (C=O) groups excluding carboxylic acids is 2. The number of hydrogen-bond acceptors (Lipinski definition) is 4. The Hall–Kier alpha value is -3.07. The Bertz CT molecular complexity index is 877. The summed E-state index contributed by atoms with van der Waals surface area (Å²) in [4.78, 5) is 27.3. The summed E-state index contributed by atoms with van der Waals surface area (Å²) in [7, 11) is 1.62. The molecule has 0 aliphatic carbocycles. The van der Waals surface area contributed by atoms with Crippen molar-refractivity contribution in [2.45, 2.75) is 18.1 Å². The van der Waals surface area contributed by atoms with Crippen LogP contribution in [0.5, 0.6) is 5.75 Å². The molecule has 3 rings (SSSR count). The number of halogens is 3. The van der Waals surface area contributed by atoms with E-state index in [0.29, 0.717) is 30.2 Å². The van der Waals surface area contributed by atoms with E-state index in [-0.39, 0.29) is 12.2 Å². The van der Waals surface area contributed by atoms with E-state index in [1.54, 1.807) is 11.9 Å². The van der Waals surface area contributed by atoms with Crippen molar-refractivity contribution in [3.8, 4) is 5.75 Å². The quantitative estimate of drug-likeness (QED) is 0.525. The highest BCUT2D eigenvalue weighted by Crippen LogP contribution is 2.43. The van der Waals surface area contributed by atoms with Gasteiger partial charge in [0.1, 0.15) is 5.75 Å². The first-order valence-corrected chi connectivity index (χ1v) is 9.38. The van der Waals surface area contributed by atoms with E-state index >= 15 is 0 Å². The van der Waals surface area contributed by atoms with Crippen molar-refractivity contribution in [3.05, 3.63) is 66.2 Å². The van der Waals surface area contributed by atoms with Crippen molar-refractivity contribution < 1.29 is 27.5 Å². The molecule has 0 spiro atoms. The van der Waals surface area contributed by atoms with Crippen molar-refractivity contribution in [2.75, 3.05) is 26.9 Å². The van der Waals surface area contributed by atoms with Crippen molar-refractivity contribution in [2.24, 2.45) is 0 Å². The lowest BCUT2D eigenvalue weighted by Gasteiger charge is -2.30. The lowest BCUT2D eigenvalue weighted by atomic mass is 9.89. The molecule has 9 heteroatoms. The summed E-state index contributed by atoms with van der Waals surface area (Å²) in [5.74, 6) is -0.620. The number of para-hydroxylation sites is 1. The average Bonchev–Trinajstić information content (AvgIpc) is 2.98. The Morgan fingerprint density at radius 3 is 2.23 bits per heavy atom. The molecule has 0 bridgehead atoms. The summed E-state index contributed by atoms with van der Waals surface area (Å²) in [5, 5.41) is 1.88. The number of carbonyl (C=O) groups is 2. The molecular formula is C21H22F3N3O3. The van der Waals surface area contributed by atoms with Gasteiger partial charge in [0.15, 0.2) is 0 Å². The van der Waals surface area contributed by atoms with E-state index in [2.05, 4.69) is 0 Å². The first-order valence-electron chi connectivity index (χ1n) is 9.38. The van der Waals surface area contributed by atoms with Gasteiger partial charge < -0.3 is 10.1 Å². The number of ether oxygens (including phenoxy) is 1. The van der Waals surface area contributed by atoms with Gasteiger partial charge in [-0.25, -0.2) is 9.69 Å². The molecule has 1 fully saturated rings. The fraction of sp³-hybridized carbons (Fsp3) is 0.333. The minimum Gasteiger partial charge on any atom is -0.494 e. The Labute approximate surface area is 172 Å². The number of hydrogen-bond donors (Lipinski definition) is 1. The standard InChI is InChI=1S/C21H22F3N3O3/c1-26(13-8-14-30-17-11-6-3-7-12-17)15-27-18(28)20(21(22,23)24,25-19(27)29)16-9-4-2-5-10-16/h2-7,9-12H,8,13-15H2,1H3,(H,25,29). The maximum absolute atomic E-state index is 14.0. The fourth-order valence-corrected chi connectivity index (χ4v) is 3.30. The summed E-state index contributed by atoms with van der Waals surface area (Å²) in [5.41, 5.74) is -3.40. The Kier molecular flexibility index (Phi) is 6.31. The zero-order chi connectivity index (χ0) is 21.8. The number of benzene rings is 2. The molecular weight excluding hydrogens is 399 g/mol. The van der Waals surface area contributed by atoms with Crippen molar-refractivity contribution in [3.63, 3.8) is 0 Å². The minimum absolute atomic E-state index is 0.263. The van der Waals surface area contributed by atoms with Gasteiger partial charge in [0.25, 0.3) is 5.91 Å². The molecule has 1 atom stereocenters. The number of urea groups is 1. The fourth-order valence-electron chi connectivity index (χ4n) is 3.30. The predicted molar refractivity (Wildman–Crippen MR) is 104 cm³/mol. The molecule has 0 aromatic heterocycles. The average molecular weight is 421 g/mol. The second kappa shape index (κ2) is 8.74. The Morgan fingerprint density at radius 2 is 1.63 bits per heavy atom. The number of rotatable bonds is 8. The summed E-state index contributed by atoms with van der Waals surface area (Å²) < 4.78 is 47.4. The van der Waals surface area contributed by atoms with E-state index in [9.17, 15) is 22.8 Å². The van der Waals surface area contributed by atoms with E-state index in [1.807, 2.05) is 35.6 Å². The summed E-state index contributed by atoms with van der Waals surface area (Å²) >= 11 is 0. The van der Waals surface area contributed by atoms with Gasteiger partial charge in [-0.2, -0.15) is 13.2 Å². The van der Waals surface area contributed by atoms with Gasteiger partial charge in [0, 0.05) is 6.54 Å². The highest BCUT2D eigenvalue weighted by atomic mass is 19.4. The summed E-state index contributed by atoms with van der Waals surface area (Å²) in [6, 6.07) is 14.8. The van der Waals surface area contributed by atoms with Crippen LogP contribution in [0.15, 0.2) is 60.7 Å². The van der Waals surface area contributed by atoms with Crippen LogP contribution in [0.3, 0.4) is 0 Å². The number of nitrogens with one attached hydrogen (secondary N) is 1. The van der Waals surface area contributed by atoms with Gasteiger partial charge in [-0.1, -0.05) is 48.5 Å². The third kappa shape index (κ3) is 4.25. The molecule has 1 aliphatic rings. The molecule has 6 nitrogen and oxygen atoms in total. The van der Waals surface area contributed by atoms with E-state index in [0.717, 1.165) is 0 Å². The highest BCUT2D eigenvalue weighted by molar-refractivity contribution is 6.08. The summed E-state index contributed by atoms with van der Waals surface area (Å²) in [6.45, 7) is 0.555. The van der Waals surface area contributed by atoms with Gasteiger partial charge in [0.05, 0.1) is 13.3 Å². The maximum Gasteiger partial charge on any atom is 0.425 e. The molecule has 2 aromatic rings. The van der Waals surface area contributed by atoms with Crippen LogP contribution >= 0.6 is 0 Å². The number of amides is 3. The van der Waals surface area contributed by atoms with Crippen LogP contribution in [-0.2, 0) is 10.3 Å². The number of alkyl halides is 3. The molecule has 2 aromatic carbocycles. The third-order valence-electron chi connectivity index (χ3n) is 4.82. The van der Waals surface area contributed by atoms with Crippen LogP contribution in [0.25, 0.3) is 0 Å². The minimum atomic E-state index is -4.99.